The Balaban J connectivity index is 2.26. The van der Waals surface area contributed by atoms with Gasteiger partial charge in [-0.15, -0.1) is 5.11 Å². The predicted molar refractivity (Wildman–Crippen MR) is 53.8 cm³/mol. The second-order valence-electron chi connectivity index (χ2n) is 2.88. The number of nitrogens with one attached hydrogen (secondary N) is 2. The van der Waals surface area contributed by atoms with Crippen molar-refractivity contribution in [1.82, 2.24) is 10.4 Å². The molecule has 6 nitrogen and oxygen atoms in total. The van der Waals surface area contributed by atoms with Gasteiger partial charge in [0.25, 0.3) is 0 Å². The number of hydrogen-bond acceptors (Lipinski definition) is 6. The first-order valence-corrected chi connectivity index (χ1v) is 4.26. The Bertz CT molecular complexity index is 414. The predicted octanol–water partition coefficient (Wildman–Crippen LogP) is 1.48. The molecule has 0 amide bonds. The van der Waals surface area contributed by atoms with Crippen molar-refractivity contribution in [2.75, 3.05) is 0 Å². The van der Waals surface area contributed by atoms with E-state index in [2.05, 4.69) is 15.4 Å². The summed E-state index contributed by atoms with van der Waals surface area (Å²) in [6.07, 6.45) is 9.56. The summed E-state index contributed by atoms with van der Waals surface area (Å²) in [4.78, 5) is 4.10. The van der Waals surface area contributed by atoms with Gasteiger partial charge in [-0.05, 0) is 12.2 Å². The Morgan fingerprint density at radius 3 is 2.80 bits per heavy atom. The average molecular weight is 203 g/mol. The highest BCUT2D eigenvalue weighted by Crippen LogP contribution is 2.15. The molecule has 15 heavy (non-hydrogen) atoms. The van der Waals surface area contributed by atoms with Crippen molar-refractivity contribution < 1.29 is 5.21 Å². The maximum absolute atomic E-state index is 9.04. The second kappa shape index (κ2) is 3.89. The standard InChI is InChI=1S/C9H9N5O/c10-13-8-1-4-11-9(12-8)7-2-5-14(15)6-3-7/h1-6,10,12,15H. The molecular weight excluding hydrogens is 194 g/mol. The number of rotatable bonds is 1. The maximum atomic E-state index is 9.04. The van der Waals surface area contributed by atoms with E-state index in [1.807, 2.05) is 0 Å². The lowest BCUT2D eigenvalue weighted by Gasteiger charge is -2.15. The van der Waals surface area contributed by atoms with Crippen LogP contribution in [0.15, 0.2) is 57.9 Å². The van der Waals surface area contributed by atoms with Gasteiger partial charge in [0.15, 0.2) is 5.82 Å². The molecule has 0 aromatic rings. The largest absolute Gasteiger partial charge is 0.323 e. The van der Waals surface area contributed by atoms with E-state index in [1.54, 1.807) is 24.4 Å². The molecule has 2 aliphatic heterocycles. The zero-order chi connectivity index (χ0) is 10.7. The van der Waals surface area contributed by atoms with Crippen molar-refractivity contribution in [2.24, 2.45) is 10.1 Å². The third-order valence-electron chi connectivity index (χ3n) is 1.89. The first kappa shape index (κ1) is 9.35. The fourth-order valence-corrected chi connectivity index (χ4v) is 1.17. The van der Waals surface area contributed by atoms with E-state index in [9.17, 15) is 0 Å². The molecule has 0 spiro atoms. The highest BCUT2D eigenvalue weighted by Gasteiger charge is 2.08. The van der Waals surface area contributed by atoms with Gasteiger partial charge >= 0.3 is 0 Å². The van der Waals surface area contributed by atoms with Crippen LogP contribution in [0.5, 0.6) is 0 Å². The van der Waals surface area contributed by atoms with Crippen LogP contribution in [0.1, 0.15) is 0 Å². The maximum Gasteiger partial charge on any atom is 0.154 e. The topological polar surface area (TPSA) is 84.1 Å². The van der Waals surface area contributed by atoms with Crippen LogP contribution >= 0.6 is 0 Å². The molecule has 6 heteroatoms. The number of aliphatic imine (C=N–C) groups is 1. The Morgan fingerprint density at radius 2 is 2.13 bits per heavy atom. The van der Waals surface area contributed by atoms with E-state index in [-0.39, 0.29) is 0 Å². The molecule has 0 unspecified atom stereocenters. The highest BCUT2D eigenvalue weighted by atomic mass is 16.5. The third-order valence-corrected chi connectivity index (χ3v) is 1.89. The summed E-state index contributed by atoms with van der Waals surface area (Å²) in [6, 6.07) is 0. The Kier molecular flexibility index (Phi) is 2.42. The lowest BCUT2D eigenvalue weighted by molar-refractivity contribution is 0.0105. The van der Waals surface area contributed by atoms with Crippen molar-refractivity contribution in [1.29, 1.82) is 5.53 Å². The fourth-order valence-electron chi connectivity index (χ4n) is 1.17. The minimum absolute atomic E-state index is 0.431. The fraction of sp³-hybridized carbons (Fsp3) is 0. The Labute approximate surface area is 86.1 Å². The first-order valence-electron chi connectivity index (χ1n) is 4.26. The minimum atomic E-state index is 0.431. The molecule has 2 aliphatic rings. The van der Waals surface area contributed by atoms with Gasteiger partial charge in [-0.1, -0.05) is 0 Å². The van der Waals surface area contributed by atoms with Crippen LogP contribution in [0.4, 0.5) is 0 Å². The second-order valence-corrected chi connectivity index (χ2v) is 2.88. The molecule has 0 radical (unpaired) electrons. The molecule has 0 aromatic heterocycles. The van der Waals surface area contributed by atoms with Gasteiger partial charge in [-0.3, -0.25) is 5.21 Å². The van der Waals surface area contributed by atoms with Gasteiger partial charge in [0.05, 0.1) is 0 Å². The van der Waals surface area contributed by atoms with Crippen molar-refractivity contribution in [3.63, 3.8) is 0 Å². The summed E-state index contributed by atoms with van der Waals surface area (Å²) >= 11 is 0. The summed E-state index contributed by atoms with van der Waals surface area (Å²) in [5, 5.41) is 16.1. The summed E-state index contributed by atoms with van der Waals surface area (Å²) in [5.74, 6) is 1.03. The summed E-state index contributed by atoms with van der Waals surface area (Å²) in [7, 11) is 0. The van der Waals surface area contributed by atoms with E-state index in [4.69, 9.17) is 10.7 Å². The van der Waals surface area contributed by atoms with E-state index < -0.39 is 0 Å². The van der Waals surface area contributed by atoms with Gasteiger partial charge in [0.1, 0.15) is 5.82 Å². The molecule has 76 valence electrons. The SMILES string of the molecule is N=NC1=CC=NC(=C2C=CN(O)C=C2)N1. The zero-order valence-electron chi connectivity index (χ0n) is 7.75. The molecule has 2 rings (SSSR count). The van der Waals surface area contributed by atoms with E-state index in [1.165, 1.54) is 12.4 Å². The van der Waals surface area contributed by atoms with Crippen LogP contribution in [0.2, 0.25) is 0 Å². The number of nitrogens with zero attached hydrogens (tertiary/aromatic N) is 3. The quantitative estimate of drug-likeness (QED) is 0.564. The lowest BCUT2D eigenvalue weighted by Crippen LogP contribution is -2.16. The Hall–Kier alpha value is -2.21. The molecule has 0 fully saturated rings. The summed E-state index contributed by atoms with van der Waals surface area (Å²) in [5.41, 5.74) is 7.67. The van der Waals surface area contributed by atoms with E-state index in [0.29, 0.717) is 11.6 Å². The number of allylic oxidation sites excluding steroid dienone is 4. The molecule has 0 aromatic carbocycles. The van der Waals surface area contributed by atoms with Crippen LogP contribution in [0.3, 0.4) is 0 Å². The molecule has 0 saturated heterocycles. The van der Waals surface area contributed by atoms with Crippen LogP contribution < -0.4 is 5.32 Å². The average Bonchev–Trinajstić information content (AvgIpc) is 2.30. The van der Waals surface area contributed by atoms with Gasteiger partial charge in [0.2, 0.25) is 0 Å². The van der Waals surface area contributed by atoms with Crippen LogP contribution in [-0.2, 0) is 0 Å². The first-order chi connectivity index (χ1) is 7.29. The van der Waals surface area contributed by atoms with Crippen molar-refractivity contribution in [3.05, 3.63) is 47.8 Å². The molecule has 2 heterocycles. The van der Waals surface area contributed by atoms with Gasteiger partial charge in [-0.25, -0.2) is 15.6 Å². The molecule has 0 saturated carbocycles. The molecule has 0 bridgehead atoms. The van der Waals surface area contributed by atoms with E-state index in [0.717, 1.165) is 10.6 Å². The molecule has 0 aliphatic carbocycles. The summed E-state index contributed by atoms with van der Waals surface area (Å²) in [6.45, 7) is 0. The number of hydroxylamine groups is 2. The van der Waals surface area contributed by atoms with Crippen LogP contribution in [0.25, 0.3) is 0 Å². The smallest absolute Gasteiger partial charge is 0.154 e. The lowest BCUT2D eigenvalue weighted by atomic mass is 10.2. The zero-order valence-corrected chi connectivity index (χ0v) is 7.75. The van der Waals surface area contributed by atoms with Gasteiger partial charge < -0.3 is 5.32 Å². The molecule has 0 atom stereocenters. The van der Waals surface area contributed by atoms with Crippen LogP contribution in [0, 0.1) is 5.53 Å². The van der Waals surface area contributed by atoms with E-state index >= 15 is 0 Å². The third kappa shape index (κ3) is 2.00. The molecule has 3 N–H and O–H groups in total. The highest BCUT2D eigenvalue weighted by molar-refractivity contribution is 5.75. The summed E-state index contributed by atoms with van der Waals surface area (Å²) < 4.78 is 0. The Morgan fingerprint density at radius 1 is 1.40 bits per heavy atom. The number of hydrogen-bond donors (Lipinski definition) is 3. The van der Waals surface area contributed by atoms with Gasteiger partial charge in [0, 0.05) is 30.3 Å². The van der Waals surface area contributed by atoms with Crippen molar-refractivity contribution in [2.45, 2.75) is 0 Å². The van der Waals surface area contributed by atoms with Crippen LogP contribution in [-0.4, -0.2) is 16.5 Å². The molecular formula is C9H9N5O. The normalized spacial score (nSPS) is 19.0. The van der Waals surface area contributed by atoms with Crippen molar-refractivity contribution in [3.8, 4) is 0 Å². The monoisotopic (exact) mass is 203 g/mol. The minimum Gasteiger partial charge on any atom is -0.323 e. The van der Waals surface area contributed by atoms with Crippen molar-refractivity contribution >= 4 is 6.21 Å². The van der Waals surface area contributed by atoms with Gasteiger partial charge in [-0.2, -0.15) is 0 Å².